The first-order valence-electron chi connectivity index (χ1n) is 12.3. The molecule has 2 aromatic rings. The van der Waals surface area contributed by atoms with Crippen LogP contribution in [-0.4, -0.2) is 81.2 Å². The third-order valence-corrected chi connectivity index (χ3v) is 5.51. The number of methoxy groups -OCH3 is 3. The van der Waals surface area contributed by atoms with Gasteiger partial charge in [0.2, 0.25) is 12.2 Å². The molecule has 0 aromatic heterocycles. The van der Waals surface area contributed by atoms with Gasteiger partial charge in [0.1, 0.15) is 6.04 Å². The van der Waals surface area contributed by atoms with Crippen LogP contribution in [0, 0.1) is 0 Å². The van der Waals surface area contributed by atoms with E-state index in [0.717, 1.165) is 53.4 Å². The molecular formula is C28H30N2O12. The molecule has 0 saturated heterocycles. The van der Waals surface area contributed by atoms with Gasteiger partial charge in [0.05, 0.1) is 32.5 Å². The number of hydrogen-bond acceptors (Lipinski definition) is 12. The van der Waals surface area contributed by atoms with Gasteiger partial charge in [-0.3, -0.25) is 19.2 Å². The molecule has 0 heterocycles. The summed E-state index contributed by atoms with van der Waals surface area (Å²) < 4.78 is 24.2. The molecule has 2 amide bonds. The Kier molecular flexibility index (Phi) is 12.2. The second-order valence-corrected chi connectivity index (χ2v) is 8.61. The Hall–Kier alpha value is -5.27. The van der Waals surface area contributed by atoms with Crippen LogP contribution in [-0.2, 0) is 54.1 Å². The van der Waals surface area contributed by atoms with E-state index in [1.165, 1.54) is 0 Å². The Morgan fingerprint density at radius 2 is 1.19 bits per heavy atom. The number of carbonyl (C=O) groups is 7. The molecule has 0 aliphatic carbocycles. The number of rotatable bonds is 12. The zero-order valence-corrected chi connectivity index (χ0v) is 23.5. The maximum atomic E-state index is 13.4. The fourth-order valence-corrected chi connectivity index (χ4v) is 3.69. The maximum absolute atomic E-state index is 13.4. The van der Waals surface area contributed by atoms with E-state index in [4.69, 9.17) is 14.2 Å². The molecule has 2 N–H and O–H groups in total. The summed E-state index contributed by atoms with van der Waals surface area (Å²) in [6.45, 7) is 1.90. The molecule has 0 saturated carbocycles. The van der Waals surface area contributed by atoms with Crippen molar-refractivity contribution in [3.63, 3.8) is 0 Å². The van der Waals surface area contributed by atoms with Crippen LogP contribution in [0.3, 0.4) is 0 Å². The molecule has 42 heavy (non-hydrogen) atoms. The van der Waals surface area contributed by atoms with Crippen LogP contribution >= 0.6 is 0 Å². The Balaban J connectivity index is 2.46. The van der Waals surface area contributed by atoms with Crippen LogP contribution in [0.25, 0.3) is 0 Å². The highest BCUT2D eigenvalue weighted by Gasteiger charge is 2.41. The Morgan fingerprint density at radius 3 is 1.64 bits per heavy atom. The maximum Gasteiger partial charge on any atom is 0.337 e. The van der Waals surface area contributed by atoms with Crippen LogP contribution in [0.1, 0.15) is 40.1 Å². The van der Waals surface area contributed by atoms with E-state index in [1.807, 2.05) is 0 Å². The molecule has 0 fully saturated rings. The number of amides is 2. The summed E-state index contributed by atoms with van der Waals surface area (Å²) in [4.78, 5) is 87.3. The minimum Gasteiger partial charge on any atom is -0.467 e. The Labute approximate surface area is 240 Å². The highest BCUT2D eigenvalue weighted by atomic mass is 16.6. The Morgan fingerprint density at radius 1 is 0.690 bits per heavy atom. The zero-order valence-electron chi connectivity index (χ0n) is 23.5. The minimum atomic E-state index is -2.08. The van der Waals surface area contributed by atoms with Crippen molar-refractivity contribution in [3.05, 3.63) is 65.2 Å². The predicted octanol–water partition coefficient (Wildman–Crippen LogP) is 0.962. The van der Waals surface area contributed by atoms with Gasteiger partial charge in [-0.15, -0.1) is 0 Å². The number of hydrogen-bond donors (Lipinski definition) is 2. The average Bonchev–Trinajstić information content (AvgIpc) is 2.97. The smallest absolute Gasteiger partial charge is 0.337 e. The Bertz CT molecular complexity index is 1310. The lowest BCUT2D eigenvalue weighted by Gasteiger charge is -2.26. The van der Waals surface area contributed by atoms with E-state index >= 15 is 0 Å². The number of anilines is 1. The van der Waals surface area contributed by atoms with Crippen LogP contribution in [0.5, 0.6) is 0 Å². The lowest BCUT2D eigenvalue weighted by molar-refractivity contribution is -0.173. The predicted molar refractivity (Wildman–Crippen MR) is 143 cm³/mol. The van der Waals surface area contributed by atoms with E-state index in [2.05, 4.69) is 20.1 Å². The van der Waals surface area contributed by atoms with E-state index < -0.39 is 59.9 Å². The van der Waals surface area contributed by atoms with Gasteiger partial charge in [0.15, 0.2) is 0 Å². The standard InChI is InChI=1S/C28H30N2O12/c1-15(31)41-22(24(33)29-20-13-18(26(35)38-3)12-19(14-20)27(36)39-4)23(42-16(2)32)25(34)30-21(28(37)40-5)11-17-9-7-6-8-10-17/h6-10,12-14,21-23H,11H2,1-5H3,(H,29,33)(H,30,34)/t21?,22-,23-/m1/s1. The lowest BCUT2D eigenvalue weighted by Crippen LogP contribution is -2.55. The molecule has 0 bridgehead atoms. The van der Waals surface area contributed by atoms with Gasteiger partial charge in [-0.05, 0) is 23.8 Å². The second-order valence-electron chi connectivity index (χ2n) is 8.61. The van der Waals surface area contributed by atoms with Crippen LogP contribution in [0.15, 0.2) is 48.5 Å². The number of nitrogens with one attached hydrogen (secondary N) is 2. The van der Waals surface area contributed by atoms with Gasteiger partial charge in [-0.1, -0.05) is 30.3 Å². The number of benzene rings is 2. The second kappa shape index (κ2) is 15.5. The molecule has 0 radical (unpaired) electrons. The monoisotopic (exact) mass is 586 g/mol. The van der Waals surface area contributed by atoms with Crippen molar-refractivity contribution in [1.82, 2.24) is 5.32 Å². The topological polar surface area (TPSA) is 190 Å². The van der Waals surface area contributed by atoms with Crippen molar-refractivity contribution in [2.75, 3.05) is 26.6 Å². The lowest BCUT2D eigenvalue weighted by atomic mass is 10.0. The molecule has 2 rings (SSSR count). The summed E-state index contributed by atoms with van der Waals surface area (Å²) in [5.41, 5.74) is 0.212. The van der Waals surface area contributed by atoms with Crippen LogP contribution < -0.4 is 10.6 Å². The van der Waals surface area contributed by atoms with Crippen LogP contribution in [0.2, 0.25) is 0 Å². The van der Waals surface area contributed by atoms with E-state index in [9.17, 15) is 33.6 Å². The van der Waals surface area contributed by atoms with Gasteiger partial charge < -0.3 is 34.3 Å². The molecule has 1 unspecified atom stereocenters. The van der Waals surface area contributed by atoms with Gasteiger partial charge in [0, 0.05) is 26.0 Å². The molecule has 2 aromatic carbocycles. The summed E-state index contributed by atoms with van der Waals surface area (Å²) >= 11 is 0. The fourth-order valence-electron chi connectivity index (χ4n) is 3.69. The van der Waals surface area contributed by atoms with Gasteiger partial charge in [0.25, 0.3) is 11.8 Å². The fraction of sp³-hybridized carbons (Fsp3) is 0.321. The molecule has 14 heteroatoms. The minimum absolute atomic E-state index is 0.0207. The molecule has 3 atom stereocenters. The molecule has 14 nitrogen and oxygen atoms in total. The summed E-state index contributed by atoms with van der Waals surface area (Å²) in [5.74, 6) is -6.91. The van der Waals surface area contributed by atoms with E-state index in [-0.39, 0.29) is 23.2 Å². The molecule has 0 spiro atoms. The molecule has 0 aliphatic rings. The molecule has 224 valence electrons. The summed E-state index contributed by atoms with van der Waals surface area (Å²) in [5, 5.41) is 4.70. The molecule has 0 aliphatic heterocycles. The number of ether oxygens (including phenoxy) is 5. The van der Waals surface area contributed by atoms with Crippen molar-refractivity contribution in [2.24, 2.45) is 0 Å². The van der Waals surface area contributed by atoms with Crippen molar-refractivity contribution in [2.45, 2.75) is 38.5 Å². The van der Waals surface area contributed by atoms with Crippen molar-refractivity contribution in [1.29, 1.82) is 0 Å². The summed E-state index contributed by atoms with van der Waals surface area (Å²) in [7, 11) is 3.31. The van der Waals surface area contributed by atoms with Crippen molar-refractivity contribution >= 4 is 47.3 Å². The normalized spacial score (nSPS) is 12.4. The van der Waals surface area contributed by atoms with E-state index in [0.29, 0.717) is 5.56 Å². The third kappa shape index (κ3) is 9.43. The van der Waals surface area contributed by atoms with Gasteiger partial charge in [-0.2, -0.15) is 0 Å². The van der Waals surface area contributed by atoms with Crippen molar-refractivity contribution in [3.8, 4) is 0 Å². The first-order chi connectivity index (χ1) is 19.9. The highest BCUT2D eigenvalue weighted by molar-refractivity contribution is 6.03. The van der Waals surface area contributed by atoms with Gasteiger partial charge >= 0.3 is 29.8 Å². The van der Waals surface area contributed by atoms with Crippen LogP contribution in [0.4, 0.5) is 5.69 Å². The molecular weight excluding hydrogens is 556 g/mol. The first-order valence-corrected chi connectivity index (χ1v) is 12.3. The average molecular weight is 587 g/mol. The number of esters is 5. The highest BCUT2D eigenvalue weighted by Crippen LogP contribution is 2.19. The first kappa shape index (κ1) is 32.9. The quantitative estimate of drug-likeness (QED) is 0.265. The summed E-state index contributed by atoms with van der Waals surface area (Å²) in [6, 6.07) is 10.8. The SMILES string of the molecule is COC(=O)c1cc(NC(=O)[C@H](OC(C)=O)[C@@H](OC(C)=O)C(=O)NC(Cc2ccccc2)C(=O)OC)cc(C(=O)OC)c1. The largest absolute Gasteiger partial charge is 0.467 e. The van der Waals surface area contributed by atoms with E-state index in [1.54, 1.807) is 30.3 Å². The summed E-state index contributed by atoms with van der Waals surface area (Å²) in [6.07, 6.45) is -4.17. The zero-order chi connectivity index (χ0) is 31.4. The van der Waals surface area contributed by atoms with Crippen molar-refractivity contribution < 1.29 is 57.2 Å². The third-order valence-electron chi connectivity index (χ3n) is 5.51. The number of carbonyl (C=O) groups excluding carboxylic acids is 7. The van der Waals surface area contributed by atoms with Gasteiger partial charge in [-0.25, -0.2) is 14.4 Å².